The molecular weight excluding hydrogens is 323 g/mol. The molecule has 1 amide bonds. The Morgan fingerprint density at radius 3 is 2.38 bits per heavy atom. The van der Waals surface area contributed by atoms with Gasteiger partial charge in [0, 0.05) is 12.5 Å². The number of hydrogen-bond donors (Lipinski definition) is 2. The van der Waals surface area contributed by atoms with Crippen LogP contribution in [0.5, 0.6) is 0 Å². The van der Waals surface area contributed by atoms with Crippen molar-refractivity contribution in [2.45, 2.75) is 37.8 Å². The summed E-state index contributed by atoms with van der Waals surface area (Å²) in [6.07, 6.45) is -2.67. The Morgan fingerprint density at radius 1 is 1.17 bits per heavy atom. The number of amides is 1. The summed E-state index contributed by atoms with van der Waals surface area (Å²) in [6, 6.07) is 7.43. The number of carboxylic acids is 1. The van der Waals surface area contributed by atoms with Crippen LogP contribution >= 0.6 is 0 Å². The van der Waals surface area contributed by atoms with Crippen molar-refractivity contribution in [3.8, 4) is 0 Å². The van der Waals surface area contributed by atoms with Crippen molar-refractivity contribution in [2.75, 3.05) is 6.54 Å². The number of rotatable bonds is 5. The Bertz CT molecular complexity index is 574. The van der Waals surface area contributed by atoms with Crippen LogP contribution in [0, 0.1) is 11.8 Å². The van der Waals surface area contributed by atoms with Crippen molar-refractivity contribution >= 4 is 11.9 Å². The second-order valence-electron chi connectivity index (χ2n) is 6.15. The van der Waals surface area contributed by atoms with Gasteiger partial charge < -0.3 is 10.4 Å². The zero-order valence-corrected chi connectivity index (χ0v) is 13.1. The molecule has 0 aliphatic heterocycles. The predicted octanol–water partition coefficient (Wildman–Crippen LogP) is 3.34. The quantitative estimate of drug-likeness (QED) is 0.862. The number of carbonyl (C=O) groups is 2. The lowest BCUT2D eigenvalue weighted by Gasteiger charge is -2.27. The van der Waals surface area contributed by atoms with Crippen LogP contribution < -0.4 is 5.32 Å². The van der Waals surface area contributed by atoms with E-state index in [1.54, 1.807) is 6.07 Å². The Morgan fingerprint density at radius 2 is 1.79 bits per heavy atom. The fraction of sp³-hybridized carbons (Fsp3) is 0.529. The third-order valence-electron chi connectivity index (χ3n) is 4.47. The first-order valence-electron chi connectivity index (χ1n) is 7.91. The number of nitrogens with one attached hydrogen (secondary N) is 1. The molecule has 0 radical (unpaired) electrons. The van der Waals surface area contributed by atoms with Crippen LogP contribution in [0.15, 0.2) is 30.3 Å². The topological polar surface area (TPSA) is 66.4 Å². The normalized spacial score (nSPS) is 22.6. The molecule has 4 nitrogen and oxygen atoms in total. The van der Waals surface area contributed by atoms with Crippen LogP contribution in [-0.2, 0) is 9.59 Å². The summed E-state index contributed by atoms with van der Waals surface area (Å²) in [5.41, 5.74) is 0.0948. The second kappa shape index (κ2) is 7.68. The van der Waals surface area contributed by atoms with E-state index in [1.165, 1.54) is 24.3 Å². The molecule has 3 atom stereocenters. The van der Waals surface area contributed by atoms with Gasteiger partial charge in [-0.1, -0.05) is 36.8 Å². The molecule has 132 valence electrons. The smallest absolute Gasteiger partial charge is 0.397 e. The summed E-state index contributed by atoms with van der Waals surface area (Å²) in [4.78, 5) is 23.2. The van der Waals surface area contributed by atoms with Crippen LogP contribution in [0.1, 0.15) is 37.2 Å². The van der Waals surface area contributed by atoms with Gasteiger partial charge in [-0.2, -0.15) is 13.2 Å². The SMILES string of the molecule is O=C(O)C1CCCC(C(=O)NCC(c2ccccc2)C(F)(F)F)C1. The summed E-state index contributed by atoms with van der Waals surface area (Å²) in [6.45, 7) is -0.541. The van der Waals surface area contributed by atoms with Gasteiger partial charge in [0.1, 0.15) is 0 Å². The zero-order chi connectivity index (χ0) is 17.7. The van der Waals surface area contributed by atoms with Gasteiger partial charge in [0.25, 0.3) is 0 Å². The van der Waals surface area contributed by atoms with Gasteiger partial charge in [0.05, 0.1) is 11.8 Å². The highest BCUT2D eigenvalue weighted by atomic mass is 19.4. The third kappa shape index (κ3) is 4.72. The molecule has 0 saturated heterocycles. The largest absolute Gasteiger partial charge is 0.481 e. The monoisotopic (exact) mass is 343 g/mol. The molecule has 3 unspecified atom stereocenters. The number of carbonyl (C=O) groups excluding carboxylic acids is 1. The Hall–Kier alpha value is -2.05. The maximum Gasteiger partial charge on any atom is 0.397 e. The molecule has 0 heterocycles. The van der Waals surface area contributed by atoms with E-state index in [0.29, 0.717) is 19.3 Å². The maximum atomic E-state index is 13.2. The Kier molecular flexibility index (Phi) is 5.85. The minimum atomic E-state index is -4.47. The molecule has 1 saturated carbocycles. The van der Waals surface area contributed by atoms with E-state index in [0.717, 1.165) is 0 Å². The van der Waals surface area contributed by atoms with E-state index >= 15 is 0 Å². The van der Waals surface area contributed by atoms with Gasteiger partial charge >= 0.3 is 12.1 Å². The fourth-order valence-corrected chi connectivity index (χ4v) is 3.11. The van der Waals surface area contributed by atoms with E-state index in [-0.39, 0.29) is 12.0 Å². The van der Waals surface area contributed by atoms with Crippen LogP contribution in [0.4, 0.5) is 13.2 Å². The molecule has 1 fully saturated rings. The number of hydrogen-bond acceptors (Lipinski definition) is 2. The number of halogens is 3. The van der Waals surface area contributed by atoms with E-state index in [1.807, 2.05) is 0 Å². The summed E-state index contributed by atoms with van der Waals surface area (Å²) in [5, 5.41) is 11.4. The lowest BCUT2D eigenvalue weighted by molar-refractivity contribution is -0.151. The van der Waals surface area contributed by atoms with Crippen molar-refractivity contribution in [2.24, 2.45) is 11.8 Å². The molecule has 0 aromatic heterocycles. The lowest BCUT2D eigenvalue weighted by Crippen LogP contribution is -2.40. The first-order chi connectivity index (χ1) is 11.3. The van der Waals surface area contributed by atoms with Gasteiger partial charge in [-0.25, -0.2) is 0 Å². The molecule has 0 spiro atoms. The highest BCUT2D eigenvalue weighted by Gasteiger charge is 2.41. The number of benzene rings is 1. The molecule has 1 aliphatic carbocycles. The maximum absolute atomic E-state index is 13.2. The van der Waals surface area contributed by atoms with Gasteiger partial charge in [-0.05, 0) is 24.8 Å². The summed E-state index contributed by atoms with van der Waals surface area (Å²) < 4.78 is 39.7. The molecule has 24 heavy (non-hydrogen) atoms. The fourth-order valence-electron chi connectivity index (χ4n) is 3.11. The minimum Gasteiger partial charge on any atom is -0.481 e. The highest BCUT2D eigenvalue weighted by Crippen LogP contribution is 2.35. The van der Waals surface area contributed by atoms with Crippen molar-refractivity contribution in [1.29, 1.82) is 0 Å². The third-order valence-corrected chi connectivity index (χ3v) is 4.47. The van der Waals surface area contributed by atoms with Crippen molar-refractivity contribution < 1.29 is 27.9 Å². The molecule has 1 aliphatic rings. The second-order valence-corrected chi connectivity index (χ2v) is 6.15. The van der Waals surface area contributed by atoms with Crippen molar-refractivity contribution in [3.63, 3.8) is 0 Å². The van der Waals surface area contributed by atoms with E-state index < -0.39 is 42.4 Å². The van der Waals surface area contributed by atoms with Crippen molar-refractivity contribution in [1.82, 2.24) is 5.32 Å². The summed E-state index contributed by atoms with van der Waals surface area (Å²) in [7, 11) is 0. The predicted molar refractivity (Wildman–Crippen MR) is 81.3 cm³/mol. The first-order valence-corrected chi connectivity index (χ1v) is 7.91. The van der Waals surface area contributed by atoms with E-state index in [9.17, 15) is 22.8 Å². The first kappa shape index (κ1) is 18.3. The number of alkyl halides is 3. The van der Waals surface area contributed by atoms with Crippen LogP contribution in [-0.4, -0.2) is 29.7 Å². The minimum absolute atomic E-state index is 0.0948. The number of carboxylic acid groups (broad SMARTS) is 1. The highest BCUT2D eigenvalue weighted by molar-refractivity contribution is 5.80. The number of aliphatic carboxylic acids is 1. The van der Waals surface area contributed by atoms with Gasteiger partial charge in [-0.3, -0.25) is 9.59 Å². The molecular formula is C17H20F3NO3. The van der Waals surface area contributed by atoms with Gasteiger partial charge in [0.15, 0.2) is 0 Å². The van der Waals surface area contributed by atoms with Crippen LogP contribution in [0.25, 0.3) is 0 Å². The summed E-state index contributed by atoms with van der Waals surface area (Å²) in [5.74, 6) is -4.36. The van der Waals surface area contributed by atoms with Crippen LogP contribution in [0.2, 0.25) is 0 Å². The molecule has 2 N–H and O–H groups in total. The van der Waals surface area contributed by atoms with E-state index in [2.05, 4.69) is 5.32 Å². The standard InChI is InChI=1S/C17H20F3NO3/c18-17(19,20)14(11-5-2-1-3-6-11)10-21-15(22)12-7-4-8-13(9-12)16(23)24/h1-3,5-6,12-14H,4,7-10H2,(H,21,22)(H,23,24). The zero-order valence-electron chi connectivity index (χ0n) is 13.1. The van der Waals surface area contributed by atoms with Gasteiger partial charge in [-0.15, -0.1) is 0 Å². The average Bonchev–Trinajstić information content (AvgIpc) is 2.54. The van der Waals surface area contributed by atoms with Crippen molar-refractivity contribution in [3.05, 3.63) is 35.9 Å². The van der Waals surface area contributed by atoms with Crippen LogP contribution in [0.3, 0.4) is 0 Å². The van der Waals surface area contributed by atoms with E-state index in [4.69, 9.17) is 5.11 Å². The molecule has 7 heteroatoms. The molecule has 1 aromatic carbocycles. The van der Waals surface area contributed by atoms with Gasteiger partial charge in [0.2, 0.25) is 5.91 Å². The average molecular weight is 343 g/mol. The Balaban J connectivity index is 1.99. The Labute approximate surface area is 138 Å². The lowest BCUT2D eigenvalue weighted by atomic mass is 9.81. The molecule has 2 rings (SSSR count). The molecule has 0 bridgehead atoms. The summed E-state index contributed by atoms with van der Waals surface area (Å²) >= 11 is 0. The molecule has 1 aromatic rings.